The lowest BCUT2D eigenvalue weighted by molar-refractivity contribution is 0.259. The van der Waals surface area contributed by atoms with E-state index in [2.05, 4.69) is 10.3 Å². The van der Waals surface area contributed by atoms with E-state index in [9.17, 15) is 23.2 Å². The number of carbonyl (C=O) groups excluding carboxylic acids is 1. The van der Waals surface area contributed by atoms with E-state index in [4.69, 9.17) is 5.73 Å². The van der Waals surface area contributed by atoms with Gasteiger partial charge in [0.05, 0.1) is 17.6 Å². The van der Waals surface area contributed by atoms with E-state index in [0.717, 1.165) is 22.3 Å². The number of aromatic nitrogens is 3. The molecule has 0 radical (unpaired) electrons. The number of hydrogen-bond acceptors (Lipinski definition) is 6. The number of nitrogens with two attached hydrogens (primary N) is 1. The van der Waals surface area contributed by atoms with E-state index in [0.29, 0.717) is 40.5 Å². The molecule has 0 unspecified atom stereocenters. The number of rotatable bonds is 9. The molecule has 2 amide bonds. The Bertz CT molecular complexity index is 2140. The highest BCUT2D eigenvalue weighted by Gasteiger charge is 2.25. The normalized spacial score (nSPS) is 11.3. The summed E-state index contributed by atoms with van der Waals surface area (Å²) in [6.07, 6.45) is 3.45. The third kappa shape index (κ3) is 6.08. The van der Waals surface area contributed by atoms with Gasteiger partial charge in [-0.25, -0.2) is 22.9 Å². The smallest absolute Gasteiger partial charge is 0.337 e. The lowest BCUT2D eigenvalue weighted by Gasteiger charge is -2.18. The van der Waals surface area contributed by atoms with Crippen molar-refractivity contribution in [1.29, 1.82) is 0 Å². The maximum atomic E-state index is 15.0. The molecule has 0 spiro atoms. The van der Waals surface area contributed by atoms with Gasteiger partial charge in [0.2, 0.25) is 0 Å². The van der Waals surface area contributed by atoms with Gasteiger partial charge in [-0.1, -0.05) is 42.5 Å². The van der Waals surface area contributed by atoms with E-state index in [1.165, 1.54) is 22.0 Å². The van der Waals surface area contributed by atoms with Crippen molar-refractivity contribution >= 4 is 33.3 Å². The quantitative estimate of drug-likeness (QED) is 0.210. The molecule has 3 N–H and O–H groups in total. The monoisotopic (exact) mass is 638 g/mol. The molecule has 3 aromatic heterocycles. The Morgan fingerprint density at radius 3 is 2.28 bits per heavy atom. The van der Waals surface area contributed by atoms with Crippen LogP contribution >= 0.6 is 11.3 Å². The first-order chi connectivity index (χ1) is 22.2. The standard InChI is InChI=1S/C34H28F2N6O3S/c1-40(18-21-7-6-16-38-17-21)19-26-29-31(43)42(24-8-3-2-4-9-24)34(45)41(20-25-27(35)10-5-11-28(25)36)32(29)46-30(26)22-12-14-23(15-13-22)39-33(37)44/h2-17H,18-20H2,1H3,(H3,37,39,44). The fourth-order valence-corrected chi connectivity index (χ4v) is 6.72. The number of hydrogen-bond donors (Lipinski definition) is 2. The number of amides is 2. The SMILES string of the molecule is CN(Cc1cccnc1)Cc1c(-c2ccc(NC(N)=O)cc2)sc2c1c(=O)n(-c1ccccc1)c(=O)n2Cc1c(F)cccc1F. The number of pyridine rings is 1. The van der Waals surface area contributed by atoms with Crippen molar-refractivity contribution in [1.82, 2.24) is 19.0 Å². The number of benzene rings is 3. The van der Waals surface area contributed by atoms with Gasteiger partial charge >= 0.3 is 11.7 Å². The second kappa shape index (κ2) is 12.9. The molecule has 0 saturated carbocycles. The molecule has 0 saturated heterocycles. The molecule has 0 fully saturated rings. The molecule has 6 rings (SSSR count). The number of nitrogens with zero attached hydrogens (tertiary/aromatic N) is 4. The summed E-state index contributed by atoms with van der Waals surface area (Å²) in [5, 5.41) is 2.79. The predicted octanol–water partition coefficient (Wildman–Crippen LogP) is 5.73. The minimum absolute atomic E-state index is 0.262. The minimum atomic E-state index is -0.803. The molecule has 0 atom stereocenters. The van der Waals surface area contributed by atoms with Gasteiger partial charge in [-0.15, -0.1) is 11.3 Å². The highest BCUT2D eigenvalue weighted by atomic mass is 32.1. The first-order valence-electron chi connectivity index (χ1n) is 14.2. The number of primary amides is 1. The first-order valence-corrected chi connectivity index (χ1v) is 15.1. The summed E-state index contributed by atoms with van der Waals surface area (Å²) in [5.41, 5.74) is 6.83. The van der Waals surface area contributed by atoms with Gasteiger partial charge in [0.25, 0.3) is 5.56 Å². The summed E-state index contributed by atoms with van der Waals surface area (Å²) >= 11 is 1.19. The summed E-state index contributed by atoms with van der Waals surface area (Å²) in [7, 11) is 1.90. The van der Waals surface area contributed by atoms with E-state index < -0.39 is 35.5 Å². The van der Waals surface area contributed by atoms with Gasteiger partial charge < -0.3 is 11.1 Å². The molecule has 12 heteroatoms. The van der Waals surface area contributed by atoms with Gasteiger partial charge in [0.1, 0.15) is 16.5 Å². The predicted molar refractivity (Wildman–Crippen MR) is 175 cm³/mol. The third-order valence-electron chi connectivity index (χ3n) is 7.48. The Kier molecular flexibility index (Phi) is 8.55. The van der Waals surface area contributed by atoms with Gasteiger partial charge in [-0.05, 0) is 66.2 Å². The van der Waals surface area contributed by atoms with Crippen LogP contribution in [0.5, 0.6) is 0 Å². The Labute approximate surface area is 265 Å². The largest absolute Gasteiger partial charge is 0.351 e. The second-order valence-corrected chi connectivity index (χ2v) is 11.7. The first kappa shape index (κ1) is 30.6. The van der Waals surface area contributed by atoms with Crippen LogP contribution in [0.25, 0.3) is 26.3 Å². The van der Waals surface area contributed by atoms with Crippen LogP contribution in [0.4, 0.5) is 19.3 Å². The fourth-order valence-electron chi connectivity index (χ4n) is 5.41. The minimum Gasteiger partial charge on any atom is -0.351 e. The number of nitrogens with one attached hydrogen (secondary N) is 1. The molecule has 0 aliphatic carbocycles. The summed E-state index contributed by atoms with van der Waals surface area (Å²) in [6.45, 7) is 0.369. The molecular formula is C34H28F2N6O3S. The van der Waals surface area contributed by atoms with Crippen LogP contribution in [0.1, 0.15) is 16.7 Å². The summed E-state index contributed by atoms with van der Waals surface area (Å²) in [5.74, 6) is -1.61. The molecular weight excluding hydrogens is 610 g/mol. The van der Waals surface area contributed by atoms with Crippen molar-refractivity contribution in [2.24, 2.45) is 5.73 Å². The molecule has 3 heterocycles. The van der Waals surface area contributed by atoms with Crippen molar-refractivity contribution in [2.75, 3.05) is 12.4 Å². The van der Waals surface area contributed by atoms with Crippen LogP contribution in [-0.2, 0) is 19.6 Å². The van der Waals surface area contributed by atoms with Crippen LogP contribution < -0.4 is 22.3 Å². The number of para-hydroxylation sites is 1. The maximum Gasteiger partial charge on any atom is 0.337 e. The zero-order valence-electron chi connectivity index (χ0n) is 24.6. The second-order valence-electron chi connectivity index (χ2n) is 10.7. The average Bonchev–Trinajstić information content (AvgIpc) is 3.40. The van der Waals surface area contributed by atoms with Crippen molar-refractivity contribution in [3.05, 3.63) is 146 Å². The van der Waals surface area contributed by atoms with E-state index in [-0.39, 0.29) is 15.8 Å². The third-order valence-corrected chi connectivity index (χ3v) is 8.79. The Morgan fingerprint density at radius 1 is 0.913 bits per heavy atom. The van der Waals surface area contributed by atoms with E-state index >= 15 is 0 Å². The number of carbonyl (C=O) groups is 1. The number of anilines is 1. The number of urea groups is 1. The van der Waals surface area contributed by atoms with Crippen LogP contribution in [0.3, 0.4) is 0 Å². The molecule has 0 aliphatic heterocycles. The number of thiophene rings is 1. The van der Waals surface area contributed by atoms with Crippen molar-refractivity contribution < 1.29 is 13.6 Å². The Hall–Kier alpha value is -5.46. The number of halogens is 2. The summed E-state index contributed by atoms with van der Waals surface area (Å²) in [6, 6.07) is 21.9. The van der Waals surface area contributed by atoms with Gasteiger partial charge in [-0.3, -0.25) is 19.2 Å². The molecule has 0 bridgehead atoms. The molecule has 3 aromatic carbocycles. The van der Waals surface area contributed by atoms with E-state index in [1.54, 1.807) is 67.0 Å². The molecule has 46 heavy (non-hydrogen) atoms. The molecule has 6 aromatic rings. The molecule has 9 nitrogen and oxygen atoms in total. The summed E-state index contributed by atoms with van der Waals surface area (Å²) < 4.78 is 32.2. The van der Waals surface area contributed by atoms with Crippen LogP contribution in [0.2, 0.25) is 0 Å². The maximum absolute atomic E-state index is 15.0. The Morgan fingerprint density at radius 2 is 1.63 bits per heavy atom. The van der Waals surface area contributed by atoms with Gasteiger partial charge in [-0.2, -0.15) is 0 Å². The van der Waals surface area contributed by atoms with Crippen LogP contribution in [0.15, 0.2) is 107 Å². The lowest BCUT2D eigenvalue weighted by atomic mass is 10.1. The van der Waals surface area contributed by atoms with Gasteiger partial charge in [0.15, 0.2) is 0 Å². The topological polar surface area (TPSA) is 115 Å². The number of fused-ring (bicyclic) bond motifs is 1. The molecule has 232 valence electrons. The highest BCUT2D eigenvalue weighted by Crippen LogP contribution is 2.38. The van der Waals surface area contributed by atoms with Crippen molar-refractivity contribution in [2.45, 2.75) is 19.6 Å². The lowest BCUT2D eigenvalue weighted by Crippen LogP contribution is -2.39. The Balaban J connectivity index is 1.62. The van der Waals surface area contributed by atoms with Gasteiger partial charge in [0, 0.05) is 41.6 Å². The molecule has 0 aliphatic rings. The summed E-state index contributed by atoms with van der Waals surface area (Å²) in [4.78, 5) is 47.1. The van der Waals surface area contributed by atoms with Crippen LogP contribution in [-0.4, -0.2) is 32.1 Å². The zero-order valence-corrected chi connectivity index (χ0v) is 25.4. The van der Waals surface area contributed by atoms with E-state index in [1.807, 2.05) is 24.1 Å². The average molecular weight is 639 g/mol. The van der Waals surface area contributed by atoms with Crippen molar-refractivity contribution in [3.63, 3.8) is 0 Å². The van der Waals surface area contributed by atoms with Crippen LogP contribution in [0, 0.1) is 11.6 Å². The zero-order chi connectivity index (χ0) is 32.4. The van der Waals surface area contributed by atoms with Crippen molar-refractivity contribution in [3.8, 4) is 16.1 Å². The highest BCUT2D eigenvalue weighted by molar-refractivity contribution is 7.22. The fraction of sp³-hybridized carbons (Fsp3) is 0.118.